The monoisotopic (exact) mass is 316 g/mol. The average Bonchev–Trinajstić information content (AvgIpc) is 2.61. The molecule has 1 aromatic carbocycles. The van der Waals surface area contributed by atoms with Crippen molar-refractivity contribution in [1.29, 1.82) is 0 Å². The van der Waals surface area contributed by atoms with Crippen molar-refractivity contribution in [2.24, 2.45) is 0 Å². The zero-order valence-corrected chi connectivity index (χ0v) is 11.8. The van der Waals surface area contributed by atoms with Gasteiger partial charge in [-0.2, -0.15) is 0 Å². The Morgan fingerprint density at radius 1 is 1.44 bits per heavy atom. The van der Waals surface area contributed by atoms with Crippen molar-refractivity contribution in [3.05, 3.63) is 38.8 Å². The van der Waals surface area contributed by atoms with Gasteiger partial charge in [-0.15, -0.1) is 11.3 Å². The highest BCUT2D eigenvalue weighted by Crippen LogP contribution is 2.35. The van der Waals surface area contributed by atoms with E-state index < -0.39 is 0 Å². The van der Waals surface area contributed by atoms with Gasteiger partial charge in [0.25, 0.3) is 0 Å². The van der Waals surface area contributed by atoms with Gasteiger partial charge in [0, 0.05) is 16.6 Å². The molecule has 0 aliphatic heterocycles. The lowest BCUT2D eigenvalue weighted by molar-refractivity contribution is 0.798. The van der Waals surface area contributed by atoms with Gasteiger partial charge >= 0.3 is 0 Å². The summed E-state index contributed by atoms with van der Waals surface area (Å²) in [7, 11) is 1.88. The van der Waals surface area contributed by atoms with Crippen LogP contribution in [0.1, 0.15) is 5.69 Å². The maximum Gasteiger partial charge on any atom is 0.126 e. The zero-order valence-electron chi connectivity index (χ0n) is 8.63. The van der Waals surface area contributed by atoms with Crippen LogP contribution in [0.5, 0.6) is 0 Å². The van der Waals surface area contributed by atoms with E-state index in [2.05, 4.69) is 26.2 Å². The molecule has 84 valence electrons. The molecule has 0 bridgehead atoms. The van der Waals surface area contributed by atoms with Gasteiger partial charge < -0.3 is 5.32 Å². The summed E-state index contributed by atoms with van der Waals surface area (Å²) in [6, 6.07) is 8.01. The minimum atomic E-state index is 0.694. The van der Waals surface area contributed by atoms with E-state index in [9.17, 15) is 0 Å². The predicted molar refractivity (Wildman–Crippen MR) is 73.0 cm³/mol. The van der Waals surface area contributed by atoms with Gasteiger partial charge in [-0.05, 0) is 13.1 Å². The lowest BCUT2D eigenvalue weighted by atomic mass is 10.2. The Hall–Kier alpha value is -0.420. The lowest BCUT2D eigenvalue weighted by Crippen LogP contribution is -2.05. The van der Waals surface area contributed by atoms with Crippen molar-refractivity contribution in [2.45, 2.75) is 6.54 Å². The van der Waals surface area contributed by atoms with Crippen LogP contribution >= 0.6 is 38.9 Å². The molecule has 1 aromatic heterocycles. The molecule has 16 heavy (non-hydrogen) atoms. The molecule has 5 heteroatoms. The number of nitrogens with one attached hydrogen (secondary N) is 1. The number of halogens is 2. The number of rotatable bonds is 3. The zero-order chi connectivity index (χ0) is 11.5. The normalized spacial score (nSPS) is 10.7. The third-order valence-corrected chi connectivity index (χ3v) is 4.16. The largest absolute Gasteiger partial charge is 0.314 e. The quantitative estimate of drug-likeness (QED) is 0.927. The van der Waals surface area contributed by atoms with Gasteiger partial charge in [-0.1, -0.05) is 45.7 Å². The van der Waals surface area contributed by atoms with E-state index in [1.165, 1.54) is 11.3 Å². The smallest absolute Gasteiger partial charge is 0.126 e. The van der Waals surface area contributed by atoms with E-state index in [1.54, 1.807) is 0 Å². The van der Waals surface area contributed by atoms with E-state index in [1.807, 2.05) is 31.3 Å². The SMILES string of the molecule is CNCc1nc(-c2ccccc2Br)sc1Cl. The number of aromatic nitrogens is 1. The molecule has 2 nitrogen and oxygen atoms in total. The topological polar surface area (TPSA) is 24.9 Å². The van der Waals surface area contributed by atoms with Crippen LogP contribution < -0.4 is 5.32 Å². The molecule has 2 aromatic rings. The molecule has 1 heterocycles. The first-order chi connectivity index (χ1) is 7.72. The van der Waals surface area contributed by atoms with E-state index >= 15 is 0 Å². The second-order valence-corrected chi connectivity index (χ2v) is 5.71. The molecule has 0 unspecified atom stereocenters. The van der Waals surface area contributed by atoms with Crippen LogP contribution in [0.2, 0.25) is 4.34 Å². The lowest BCUT2D eigenvalue weighted by Gasteiger charge is -1.98. The van der Waals surface area contributed by atoms with Gasteiger partial charge in [0.1, 0.15) is 9.34 Å². The summed E-state index contributed by atoms with van der Waals surface area (Å²) in [6.45, 7) is 0.694. The fourth-order valence-electron chi connectivity index (χ4n) is 1.36. The summed E-state index contributed by atoms with van der Waals surface area (Å²) in [6.07, 6.45) is 0. The standard InChI is InChI=1S/C11H10BrClN2S/c1-14-6-9-10(13)16-11(15-9)7-4-2-3-5-8(7)12/h2-5,14H,6H2,1H3. The summed E-state index contributed by atoms with van der Waals surface area (Å²) >= 11 is 11.1. The molecule has 0 aliphatic rings. The Bertz CT molecular complexity index is 498. The third kappa shape index (κ3) is 2.46. The molecule has 2 rings (SSSR count). The number of benzene rings is 1. The molecule has 0 saturated heterocycles. The number of nitrogens with zero attached hydrogens (tertiary/aromatic N) is 1. The summed E-state index contributed by atoms with van der Waals surface area (Å²) in [5.41, 5.74) is 1.98. The summed E-state index contributed by atoms with van der Waals surface area (Å²) in [5.74, 6) is 0. The van der Waals surface area contributed by atoms with Crippen molar-refractivity contribution in [3.63, 3.8) is 0 Å². The van der Waals surface area contributed by atoms with Crippen LogP contribution in [0.25, 0.3) is 10.6 Å². The highest BCUT2D eigenvalue weighted by atomic mass is 79.9. The van der Waals surface area contributed by atoms with Crippen molar-refractivity contribution in [2.75, 3.05) is 7.05 Å². The fourth-order valence-corrected chi connectivity index (χ4v) is 3.14. The van der Waals surface area contributed by atoms with E-state index in [-0.39, 0.29) is 0 Å². The molecule has 0 fully saturated rings. The van der Waals surface area contributed by atoms with Gasteiger partial charge in [0.15, 0.2) is 0 Å². The van der Waals surface area contributed by atoms with E-state index in [4.69, 9.17) is 11.6 Å². The van der Waals surface area contributed by atoms with Crippen LogP contribution in [0, 0.1) is 0 Å². The highest BCUT2D eigenvalue weighted by Gasteiger charge is 2.11. The summed E-state index contributed by atoms with van der Waals surface area (Å²) < 4.78 is 1.79. The number of hydrogen-bond donors (Lipinski definition) is 1. The van der Waals surface area contributed by atoms with Crippen molar-refractivity contribution in [3.8, 4) is 10.6 Å². The molecule has 0 radical (unpaired) electrons. The Morgan fingerprint density at radius 2 is 2.19 bits per heavy atom. The molecule has 0 saturated carbocycles. The first kappa shape index (κ1) is 12.0. The fraction of sp³-hybridized carbons (Fsp3) is 0.182. The third-order valence-electron chi connectivity index (χ3n) is 2.10. The Morgan fingerprint density at radius 3 is 2.88 bits per heavy atom. The van der Waals surface area contributed by atoms with Gasteiger partial charge in [-0.25, -0.2) is 4.98 Å². The maximum absolute atomic E-state index is 6.13. The van der Waals surface area contributed by atoms with Crippen LogP contribution in [0.15, 0.2) is 28.7 Å². The Kier molecular flexibility index (Phi) is 3.97. The van der Waals surface area contributed by atoms with Crippen molar-refractivity contribution >= 4 is 38.9 Å². The predicted octanol–water partition coefficient (Wildman–Crippen LogP) is 3.95. The molecule has 0 amide bonds. The molecule has 0 atom stereocenters. The minimum absolute atomic E-state index is 0.694. The molecule has 1 N–H and O–H groups in total. The highest BCUT2D eigenvalue weighted by molar-refractivity contribution is 9.10. The number of hydrogen-bond acceptors (Lipinski definition) is 3. The Labute approximate surface area is 112 Å². The first-order valence-corrected chi connectivity index (χ1v) is 6.76. The number of thiazole rings is 1. The molecule has 0 spiro atoms. The summed E-state index contributed by atoms with van der Waals surface area (Å²) in [5, 5.41) is 4.00. The Balaban J connectivity index is 2.42. The maximum atomic E-state index is 6.13. The van der Waals surface area contributed by atoms with Crippen LogP contribution in [-0.2, 0) is 6.54 Å². The van der Waals surface area contributed by atoms with E-state index in [0.29, 0.717) is 6.54 Å². The van der Waals surface area contributed by atoms with Crippen LogP contribution in [0.4, 0.5) is 0 Å². The second kappa shape index (κ2) is 5.27. The summed E-state index contributed by atoms with van der Waals surface area (Å²) in [4.78, 5) is 4.52. The van der Waals surface area contributed by atoms with Crippen molar-refractivity contribution in [1.82, 2.24) is 10.3 Å². The average molecular weight is 318 g/mol. The van der Waals surface area contributed by atoms with Crippen LogP contribution in [0.3, 0.4) is 0 Å². The molecule has 0 aliphatic carbocycles. The molecular formula is C11H10BrClN2S. The molecular weight excluding hydrogens is 308 g/mol. The second-order valence-electron chi connectivity index (χ2n) is 3.25. The minimum Gasteiger partial charge on any atom is -0.314 e. The van der Waals surface area contributed by atoms with Gasteiger partial charge in [-0.3, -0.25) is 0 Å². The van der Waals surface area contributed by atoms with E-state index in [0.717, 1.165) is 25.1 Å². The van der Waals surface area contributed by atoms with Gasteiger partial charge in [0.2, 0.25) is 0 Å². The van der Waals surface area contributed by atoms with Crippen molar-refractivity contribution < 1.29 is 0 Å². The first-order valence-electron chi connectivity index (χ1n) is 4.77. The van der Waals surface area contributed by atoms with Gasteiger partial charge in [0.05, 0.1) is 5.69 Å². The van der Waals surface area contributed by atoms with Crippen LogP contribution in [-0.4, -0.2) is 12.0 Å².